The molecule has 5 heteroatoms. The Labute approximate surface area is 106 Å². The summed E-state index contributed by atoms with van der Waals surface area (Å²) in [6, 6.07) is 3.54. The van der Waals surface area contributed by atoms with Crippen molar-refractivity contribution in [1.29, 1.82) is 0 Å². The van der Waals surface area contributed by atoms with Gasteiger partial charge in [-0.05, 0) is 40.6 Å². The second-order valence-electron chi connectivity index (χ2n) is 3.75. The van der Waals surface area contributed by atoms with Crippen molar-refractivity contribution in [1.82, 2.24) is 9.97 Å². The van der Waals surface area contributed by atoms with Gasteiger partial charge in [0.25, 0.3) is 5.56 Å². The Hall–Kier alpha value is -1.11. The van der Waals surface area contributed by atoms with E-state index in [0.29, 0.717) is 15.2 Å². The fourth-order valence-corrected chi connectivity index (χ4v) is 2.27. The lowest BCUT2D eigenvalue weighted by molar-refractivity contribution is 0.575. The Morgan fingerprint density at radius 1 is 1.50 bits per heavy atom. The molecule has 0 unspecified atom stereocenters. The zero-order valence-corrected chi connectivity index (χ0v) is 11.1. The Kier molecular flexibility index (Phi) is 3.13. The van der Waals surface area contributed by atoms with Gasteiger partial charge in [0.2, 0.25) is 0 Å². The summed E-state index contributed by atoms with van der Waals surface area (Å²) in [6.45, 7) is 4.02. The van der Waals surface area contributed by atoms with E-state index in [2.05, 4.69) is 9.97 Å². The Balaban J connectivity index is 2.62. The molecule has 2 heterocycles. The molecule has 2 rings (SSSR count). The van der Waals surface area contributed by atoms with Crippen molar-refractivity contribution in [2.24, 2.45) is 0 Å². The van der Waals surface area contributed by atoms with Gasteiger partial charge in [-0.2, -0.15) is 0 Å². The van der Waals surface area contributed by atoms with Crippen LogP contribution in [-0.2, 0) is 0 Å². The van der Waals surface area contributed by atoms with Crippen LogP contribution in [0, 0.1) is 3.57 Å². The fraction of sp³-hybridized carbons (Fsp3) is 0.273. The summed E-state index contributed by atoms with van der Waals surface area (Å²) in [7, 11) is 0. The Morgan fingerprint density at radius 3 is 2.81 bits per heavy atom. The van der Waals surface area contributed by atoms with Gasteiger partial charge >= 0.3 is 0 Å². The number of hydrogen-bond donors (Lipinski definition) is 1. The molecule has 0 atom stereocenters. The van der Waals surface area contributed by atoms with E-state index in [1.54, 1.807) is 18.4 Å². The predicted octanol–water partition coefficient (Wildman–Crippen LogP) is 2.76. The van der Waals surface area contributed by atoms with Crippen LogP contribution in [-0.4, -0.2) is 9.97 Å². The number of furan rings is 1. The summed E-state index contributed by atoms with van der Waals surface area (Å²) >= 11 is 2.02. The fourth-order valence-electron chi connectivity index (χ4n) is 1.39. The summed E-state index contributed by atoms with van der Waals surface area (Å²) in [5.41, 5.74) is 0.682. The van der Waals surface area contributed by atoms with Crippen LogP contribution in [0.4, 0.5) is 0 Å². The highest BCUT2D eigenvalue weighted by atomic mass is 127. The quantitative estimate of drug-likeness (QED) is 0.862. The molecule has 84 valence electrons. The van der Waals surface area contributed by atoms with Crippen LogP contribution in [0.15, 0.2) is 27.6 Å². The lowest BCUT2D eigenvalue weighted by Crippen LogP contribution is -2.16. The van der Waals surface area contributed by atoms with Crippen LogP contribution in [0.5, 0.6) is 0 Å². The van der Waals surface area contributed by atoms with Gasteiger partial charge < -0.3 is 9.40 Å². The van der Waals surface area contributed by atoms with Gasteiger partial charge in [-0.1, -0.05) is 13.8 Å². The van der Waals surface area contributed by atoms with Crippen molar-refractivity contribution in [3.63, 3.8) is 0 Å². The number of aromatic nitrogens is 2. The molecule has 0 radical (unpaired) electrons. The van der Waals surface area contributed by atoms with Crippen LogP contribution >= 0.6 is 22.6 Å². The third-order valence-corrected chi connectivity index (χ3v) is 3.23. The SMILES string of the molecule is CC(C)c1nc(-c2ccco2)[nH]c(=O)c1I. The predicted molar refractivity (Wildman–Crippen MR) is 69.4 cm³/mol. The van der Waals surface area contributed by atoms with Gasteiger partial charge in [0.1, 0.15) is 0 Å². The number of aromatic amines is 1. The molecule has 0 fully saturated rings. The standard InChI is InChI=1S/C11H11IN2O2/c1-6(2)9-8(12)11(15)14-10(13-9)7-4-3-5-16-7/h3-6H,1-2H3,(H,13,14,15). The third kappa shape index (κ3) is 2.04. The average Bonchev–Trinajstić information content (AvgIpc) is 2.74. The molecule has 2 aromatic rings. The average molecular weight is 330 g/mol. The van der Waals surface area contributed by atoms with E-state index in [4.69, 9.17) is 4.42 Å². The van der Waals surface area contributed by atoms with E-state index >= 15 is 0 Å². The van der Waals surface area contributed by atoms with Crippen LogP contribution in [0.2, 0.25) is 0 Å². The normalized spacial score (nSPS) is 11.0. The van der Waals surface area contributed by atoms with Crippen LogP contribution < -0.4 is 5.56 Å². The molecule has 4 nitrogen and oxygen atoms in total. The molecule has 0 bridgehead atoms. The van der Waals surface area contributed by atoms with E-state index in [0.717, 1.165) is 5.69 Å². The summed E-state index contributed by atoms with van der Waals surface area (Å²) in [6.07, 6.45) is 1.56. The number of H-pyrrole nitrogens is 1. The van der Waals surface area contributed by atoms with Crippen molar-refractivity contribution in [3.05, 3.63) is 38.0 Å². The second-order valence-corrected chi connectivity index (χ2v) is 4.82. The minimum atomic E-state index is -0.120. The van der Waals surface area contributed by atoms with Crippen LogP contribution in [0.1, 0.15) is 25.5 Å². The number of hydrogen-bond acceptors (Lipinski definition) is 3. The molecule has 2 aromatic heterocycles. The van der Waals surface area contributed by atoms with E-state index in [1.807, 2.05) is 36.4 Å². The first-order valence-electron chi connectivity index (χ1n) is 4.93. The van der Waals surface area contributed by atoms with Crippen molar-refractivity contribution >= 4 is 22.6 Å². The van der Waals surface area contributed by atoms with Gasteiger partial charge in [-0.3, -0.25) is 4.79 Å². The second kappa shape index (κ2) is 4.40. The van der Waals surface area contributed by atoms with E-state index in [-0.39, 0.29) is 11.5 Å². The number of halogens is 1. The maximum absolute atomic E-state index is 11.7. The molecular weight excluding hydrogens is 319 g/mol. The van der Waals surface area contributed by atoms with Crippen molar-refractivity contribution < 1.29 is 4.42 Å². The maximum Gasteiger partial charge on any atom is 0.264 e. The topological polar surface area (TPSA) is 58.9 Å². The zero-order chi connectivity index (χ0) is 11.7. The zero-order valence-electron chi connectivity index (χ0n) is 8.95. The van der Waals surface area contributed by atoms with Crippen LogP contribution in [0.25, 0.3) is 11.6 Å². The molecule has 0 aliphatic rings. The highest BCUT2D eigenvalue weighted by Gasteiger charge is 2.13. The maximum atomic E-state index is 11.7. The first kappa shape index (κ1) is 11.4. The first-order valence-corrected chi connectivity index (χ1v) is 6.01. The Bertz CT molecular complexity index is 544. The molecule has 0 aromatic carbocycles. The molecule has 0 saturated heterocycles. The number of nitrogens with one attached hydrogen (secondary N) is 1. The number of rotatable bonds is 2. The Morgan fingerprint density at radius 2 is 2.25 bits per heavy atom. The molecular formula is C11H11IN2O2. The van der Waals surface area contributed by atoms with Gasteiger partial charge in [0.15, 0.2) is 11.6 Å². The van der Waals surface area contributed by atoms with Crippen molar-refractivity contribution in [2.75, 3.05) is 0 Å². The lowest BCUT2D eigenvalue weighted by Gasteiger charge is -2.07. The molecule has 16 heavy (non-hydrogen) atoms. The molecule has 1 N–H and O–H groups in total. The largest absolute Gasteiger partial charge is 0.461 e. The monoisotopic (exact) mass is 330 g/mol. The first-order chi connectivity index (χ1) is 7.59. The lowest BCUT2D eigenvalue weighted by atomic mass is 10.1. The summed E-state index contributed by atoms with van der Waals surface area (Å²) in [5, 5.41) is 0. The summed E-state index contributed by atoms with van der Waals surface area (Å²) in [5.74, 6) is 1.28. The molecule has 0 saturated carbocycles. The minimum absolute atomic E-state index is 0.120. The van der Waals surface area contributed by atoms with Gasteiger partial charge in [-0.25, -0.2) is 4.98 Å². The van der Waals surface area contributed by atoms with Gasteiger partial charge in [0.05, 0.1) is 15.5 Å². The molecule has 0 spiro atoms. The van der Waals surface area contributed by atoms with Gasteiger partial charge in [0, 0.05) is 0 Å². The van der Waals surface area contributed by atoms with Crippen LogP contribution in [0.3, 0.4) is 0 Å². The van der Waals surface area contributed by atoms with E-state index < -0.39 is 0 Å². The highest BCUT2D eigenvalue weighted by Crippen LogP contribution is 2.20. The molecule has 0 aliphatic heterocycles. The van der Waals surface area contributed by atoms with Crippen molar-refractivity contribution in [3.8, 4) is 11.6 Å². The minimum Gasteiger partial charge on any atom is -0.461 e. The van der Waals surface area contributed by atoms with E-state index in [1.165, 1.54) is 0 Å². The summed E-state index contributed by atoms with van der Waals surface area (Å²) in [4.78, 5) is 18.8. The smallest absolute Gasteiger partial charge is 0.264 e. The highest BCUT2D eigenvalue weighted by molar-refractivity contribution is 14.1. The number of nitrogens with zero attached hydrogens (tertiary/aromatic N) is 1. The summed E-state index contributed by atoms with van der Waals surface area (Å²) < 4.78 is 5.86. The van der Waals surface area contributed by atoms with E-state index in [9.17, 15) is 4.79 Å². The van der Waals surface area contributed by atoms with Crippen molar-refractivity contribution in [2.45, 2.75) is 19.8 Å². The molecule has 0 aliphatic carbocycles. The third-order valence-electron chi connectivity index (χ3n) is 2.19. The van der Waals surface area contributed by atoms with Gasteiger partial charge in [-0.15, -0.1) is 0 Å². The molecule has 0 amide bonds.